The Hall–Kier alpha value is -1.95. The average Bonchev–Trinajstić information content (AvgIpc) is 2.41. The molecule has 1 aliphatic rings. The van der Waals surface area contributed by atoms with Crippen molar-refractivity contribution in [2.75, 3.05) is 6.61 Å². The first kappa shape index (κ1) is 8.64. The van der Waals surface area contributed by atoms with Crippen LogP contribution >= 0.6 is 0 Å². The first-order chi connectivity index (χ1) is 6.77. The molecule has 0 atom stereocenters. The third-order valence-corrected chi connectivity index (χ3v) is 2.01. The van der Waals surface area contributed by atoms with Crippen LogP contribution in [-0.2, 0) is 6.42 Å². The van der Waals surface area contributed by atoms with Crippen LogP contribution in [0.3, 0.4) is 0 Å². The summed E-state index contributed by atoms with van der Waals surface area (Å²) < 4.78 is 5.32. The van der Waals surface area contributed by atoms with Crippen LogP contribution in [0.2, 0.25) is 0 Å². The molecule has 1 aromatic carbocycles. The van der Waals surface area contributed by atoms with Gasteiger partial charge in [-0.3, -0.25) is 0 Å². The highest BCUT2D eigenvalue weighted by molar-refractivity contribution is 5.88. The monoisotopic (exact) mass is 188 g/mol. The minimum atomic E-state index is -0.926. The van der Waals surface area contributed by atoms with Gasteiger partial charge < -0.3 is 9.84 Å². The third-order valence-electron chi connectivity index (χ3n) is 2.01. The molecule has 0 bridgehead atoms. The molecule has 0 saturated heterocycles. The summed E-state index contributed by atoms with van der Waals surface area (Å²) in [5.74, 6) is 5.51. The van der Waals surface area contributed by atoms with E-state index in [1.54, 1.807) is 12.1 Å². The van der Waals surface area contributed by atoms with Crippen molar-refractivity contribution in [1.82, 2.24) is 0 Å². The van der Waals surface area contributed by atoms with E-state index in [-0.39, 0.29) is 5.56 Å². The van der Waals surface area contributed by atoms with Crippen molar-refractivity contribution in [2.24, 2.45) is 0 Å². The Morgan fingerprint density at radius 1 is 1.43 bits per heavy atom. The lowest BCUT2D eigenvalue weighted by atomic mass is 10.1. The van der Waals surface area contributed by atoms with Gasteiger partial charge in [0, 0.05) is 12.0 Å². The molecule has 0 unspecified atom stereocenters. The fourth-order valence-electron chi connectivity index (χ4n) is 1.31. The number of aromatic carboxylic acids is 1. The topological polar surface area (TPSA) is 46.5 Å². The lowest BCUT2D eigenvalue weighted by molar-refractivity contribution is 0.0696. The molecule has 3 nitrogen and oxygen atoms in total. The van der Waals surface area contributed by atoms with Crippen LogP contribution in [0.1, 0.15) is 15.9 Å². The number of benzene rings is 1. The summed E-state index contributed by atoms with van der Waals surface area (Å²) in [5.41, 5.74) is 1.12. The molecule has 1 heterocycles. The molecule has 0 aromatic heterocycles. The van der Waals surface area contributed by atoms with Crippen molar-refractivity contribution in [2.45, 2.75) is 6.42 Å². The van der Waals surface area contributed by atoms with Gasteiger partial charge in [-0.05, 0) is 18.2 Å². The van der Waals surface area contributed by atoms with Crippen molar-refractivity contribution >= 4 is 5.97 Å². The Labute approximate surface area is 81.3 Å². The summed E-state index contributed by atoms with van der Waals surface area (Å²) in [5, 5.41) is 8.78. The number of ether oxygens (including phenoxy) is 1. The van der Waals surface area contributed by atoms with E-state index in [0.29, 0.717) is 18.8 Å². The molecule has 0 amide bonds. The zero-order valence-corrected chi connectivity index (χ0v) is 7.41. The summed E-state index contributed by atoms with van der Waals surface area (Å²) in [6.07, 6.45) is 0.552. The largest absolute Gasteiger partial charge is 0.481 e. The van der Waals surface area contributed by atoms with Crippen LogP contribution < -0.4 is 4.74 Å². The van der Waals surface area contributed by atoms with E-state index >= 15 is 0 Å². The number of carbonyl (C=O) groups is 1. The predicted molar refractivity (Wildman–Crippen MR) is 50.4 cm³/mol. The summed E-state index contributed by atoms with van der Waals surface area (Å²) in [4.78, 5) is 10.7. The molecule has 1 N–H and O–H groups in total. The van der Waals surface area contributed by atoms with Gasteiger partial charge >= 0.3 is 5.97 Å². The van der Waals surface area contributed by atoms with E-state index < -0.39 is 5.97 Å². The Bertz CT molecular complexity index is 438. The van der Waals surface area contributed by atoms with E-state index in [1.165, 1.54) is 6.07 Å². The van der Waals surface area contributed by atoms with E-state index in [0.717, 1.165) is 5.56 Å². The molecule has 3 heteroatoms. The number of rotatable bonds is 1. The average molecular weight is 188 g/mol. The zero-order valence-electron chi connectivity index (χ0n) is 7.41. The summed E-state index contributed by atoms with van der Waals surface area (Å²) in [6, 6.07) is 4.82. The second-order valence-electron chi connectivity index (χ2n) is 2.95. The fourth-order valence-corrected chi connectivity index (χ4v) is 1.31. The van der Waals surface area contributed by atoms with Gasteiger partial charge in [-0.1, -0.05) is 11.8 Å². The van der Waals surface area contributed by atoms with Gasteiger partial charge in [-0.2, -0.15) is 0 Å². The maximum Gasteiger partial charge on any atom is 0.335 e. The molecule has 1 aromatic rings. The number of hydrogen-bond donors (Lipinski definition) is 1. The van der Waals surface area contributed by atoms with Gasteiger partial charge in [-0.25, -0.2) is 4.79 Å². The molecule has 0 fully saturated rings. The first-order valence-electron chi connectivity index (χ1n) is 4.22. The highest BCUT2D eigenvalue weighted by Gasteiger charge is 2.09. The van der Waals surface area contributed by atoms with Crippen LogP contribution in [0.15, 0.2) is 18.2 Å². The number of carboxylic acid groups (broad SMARTS) is 1. The molecule has 70 valence electrons. The maximum absolute atomic E-state index is 10.7. The predicted octanol–water partition coefficient (Wildman–Crippen LogP) is 1.32. The van der Waals surface area contributed by atoms with Crippen LogP contribution in [0.25, 0.3) is 0 Å². The number of hydrogen-bond acceptors (Lipinski definition) is 2. The Morgan fingerprint density at radius 3 is 3.07 bits per heavy atom. The van der Waals surface area contributed by atoms with Crippen LogP contribution in [0.5, 0.6) is 5.75 Å². The first-order valence-corrected chi connectivity index (χ1v) is 4.22. The van der Waals surface area contributed by atoms with Crippen LogP contribution in [0, 0.1) is 11.8 Å². The van der Waals surface area contributed by atoms with Crippen molar-refractivity contribution in [3.05, 3.63) is 29.3 Å². The van der Waals surface area contributed by atoms with Crippen molar-refractivity contribution in [3.63, 3.8) is 0 Å². The van der Waals surface area contributed by atoms with Gasteiger partial charge in [0.05, 0.1) is 5.56 Å². The molecule has 2 rings (SSSR count). The molecule has 0 spiro atoms. The van der Waals surface area contributed by atoms with Gasteiger partial charge in [0.1, 0.15) is 12.4 Å². The SMILES string of the molecule is O=C(O)c1ccc2c(c1)CC#CCO2. The van der Waals surface area contributed by atoms with E-state index in [9.17, 15) is 4.79 Å². The van der Waals surface area contributed by atoms with E-state index in [2.05, 4.69) is 11.8 Å². The van der Waals surface area contributed by atoms with Crippen LogP contribution in [-0.4, -0.2) is 17.7 Å². The normalized spacial score (nSPS) is 12.9. The van der Waals surface area contributed by atoms with Gasteiger partial charge in [0.2, 0.25) is 0 Å². The van der Waals surface area contributed by atoms with Crippen molar-refractivity contribution in [1.29, 1.82) is 0 Å². The van der Waals surface area contributed by atoms with Gasteiger partial charge in [0.25, 0.3) is 0 Å². The standard InChI is InChI=1S/C11H8O3/c12-11(13)9-4-5-10-8(7-9)3-1-2-6-14-10/h4-5,7H,3,6H2,(H,12,13). The number of fused-ring (bicyclic) bond motifs is 1. The number of carboxylic acids is 1. The summed E-state index contributed by atoms with van der Waals surface area (Å²) in [6.45, 7) is 0.374. The molecule has 0 radical (unpaired) electrons. The minimum absolute atomic E-state index is 0.274. The third kappa shape index (κ3) is 1.55. The quantitative estimate of drug-likeness (QED) is 0.676. The smallest absolute Gasteiger partial charge is 0.335 e. The Morgan fingerprint density at radius 2 is 2.29 bits per heavy atom. The zero-order chi connectivity index (χ0) is 9.97. The van der Waals surface area contributed by atoms with Crippen molar-refractivity contribution in [3.8, 4) is 17.6 Å². The molecular formula is C11H8O3. The van der Waals surface area contributed by atoms with Crippen molar-refractivity contribution < 1.29 is 14.6 Å². The summed E-state index contributed by atoms with van der Waals surface area (Å²) >= 11 is 0. The maximum atomic E-state index is 10.7. The van der Waals surface area contributed by atoms with E-state index in [1.807, 2.05) is 0 Å². The highest BCUT2D eigenvalue weighted by atomic mass is 16.5. The molecule has 1 aliphatic heterocycles. The molecule has 14 heavy (non-hydrogen) atoms. The molecular weight excluding hydrogens is 180 g/mol. The highest BCUT2D eigenvalue weighted by Crippen LogP contribution is 2.21. The second kappa shape index (κ2) is 3.43. The molecule has 0 aliphatic carbocycles. The van der Waals surface area contributed by atoms with Gasteiger partial charge in [-0.15, -0.1) is 0 Å². The van der Waals surface area contributed by atoms with E-state index in [4.69, 9.17) is 9.84 Å². The summed E-state index contributed by atoms with van der Waals surface area (Å²) in [7, 11) is 0. The fraction of sp³-hybridized carbons (Fsp3) is 0.182. The second-order valence-corrected chi connectivity index (χ2v) is 2.95. The Balaban J connectivity index is 2.43. The minimum Gasteiger partial charge on any atom is -0.481 e. The van der Waals surface area contributed by atoms with Crippen LogP contribution in [0.4, 0.5) is 0 Å². The van der Waals surface area contributed by atoms with Gasteiger partial charge in [0.15, 0.2) is 0 Å². The lowest BCUT2D eigenvalue weighted by Crippen LogP contribution is -2.00. The Kier molecular flexibility index (Phi) is 2.11. The molecule has 0 saturated carbocycles. The lowest BCUT2D eigenvalue weighted by Gasteiger charge is -2.06.